The van der Waals surface area contributed by atoms with Gasteiger partial charge in [0.25, 0.3) is 0 Å². The third-order valence-electron chi connectivity index (χ3n) is 22.3. The molecule has 6 aromatic rings. The van der Waals surface area contributed by atoms with Crippen molar-refractivity contribution in [3.8, 4) is 34.5 Å². The SMILES string of the molecule is C.CC(=O)CCc1cc(CC(C)C)c(O)c(C(C)(C)C)c1.CC(=O)CCc1cc(CC(C)C)c(O)c(C(C)(C)C)c1.CC(C)Cc1cc(CCC(=O)OCC(COC(=O)CCc2cc(CC(C)C)c(O)c(C(C)(C)C)c2)(COC(=O)CCc2cc(CC(C)C)c(O)c(C(C)(C)C)c2)COC(=O)CCc2cc(CC(C)C)c(O)c(C(C)(C)C)c2)cc(C(C)(C)C)c1O. The minimum atomic E-state index is -1.56. The molecule has 16 nitrogen and oxygen atoms in total. The minimum Gasteiger partial charge on any atom is -0.507 e. The molecule has 0 aliphatic carbocycles. The first-order valence-corrected chi connectivity index (χ1v) is 46.1. The number of hydrogen-bond donors (Lipinski definition) is 6. The van der Waals surface area contributed by atoms with Crippen LogP contribution < -0.4 is 0 Å². The molecule has 16 heteroatoms. The van der Waals surface area contributed by atoms with Crippen molar-refractivity contribution in [2.45, 2.75) is 377 Å². The van der Waals surface area contributed by atoms with Gasteiger partial charge in [0.05, 0.1) is 0 Å². The zero-order chi connectivity index (χ0) is 95.2. The van der Waals surface area contributed by atoms with Crippen LogP contribution in [0, 0.1) is 40.9 Å². The van der Waals surface area contributed by atoms with E-state index in [1.807, 2.05) is 132 Å². The van der Waals surface area contributed by atoms with Crippen molar-refractivity contribution < 1.29 is 78.4 Å². The van der Waals surface area contributed by atoms with Gasteiger partial charge in [0.2, 0.25) is 0 Å². The number of phenols is 6. The molecule has 0 saturated heterocycles. The van der Waals surface area contributed by atoms with Crippen molar-refractivity contribution in [3.63, 3.8) is 0 Å². The van der Waals surface area contributed by atoms with Crippen LogP contribution >= 0.6 is 0 Å². The predicted molar refractivity (Wildman–Crippen MR) is 516 cm³/mol. The first-order valence-electron chi connectivity index (χ1n) is 46.1. The van der Waals surface area contributed by atoms with Crippen molar-refractivity contribution in [2.75, 3.05) is 26.4 Å². The molecule has 0 unspecified atom stereocenters. The number of rotatable bonds is 38. The first-order chi connectivity index (χ1) is 57.4. The molecule has 0 radical (unpaired) electrons. The van der Waals surface area contributed by atoms with Gasteiger partial charge >= 0.3 is 23.9 Å². The molecule has 0 aliphatic rings. The molecule has 0 saturated carbocycles. The number of ether oxygens (including phenoxy) is 4. The second kappa shape index (κ2) is 48.1. The third-order valence-corrected chi connectivity index (χ3v) is 22.3. The Morgan fingerprint density at radius 3 is 0.500 bits per heavy atom. The minimum absolute atomic E-state index is 0. The van der Waals surface area contributed by atoms with Crippen LogP contribution in [0.25, 0.3) is 0 Å². The van der Waals surface area contributed by atoms with E-state index in [0.717, 1.165) is 126 Å². The summed E-state index contributed by atoms with van der Waals surface area (Å²) in [5, 5.41) is 66.4. The van der Waals surface area contributed by atoms with E-state index in [4.69, 9.17) is 18.9 Å². The quantitative estimate of drug-likeness (QED) is 0.0155. The number of ketones is 2. The van der Waals surface area contributed by atoms with E-state index in [1.165, 1.54) is 0 Å². The Morgan fingerprint density at radius 1 is 0.246 bits per heavy atom. The second-order valence-electron chi connectivity index (χ2n) is 44.5. The molecule has 0 spiro atoms. The second-order valence-corrected chi connectivity index (χ2v) is 44.5. The highest BCUT2D eigenvalue weighted by molar-refractivity contribution is 5.76. The monoisotopic (exact) mass is 1750 g/mol. The van der Waals surface area contributed by atoms with E-state index in [1.54, 1.807) is 13.8 Å². The number of Topliss-reactive ketones (excluding diaryl/α,β-unsaturated/α-hetero) is 2. The highest BCUT2D eigenvalue weighted by atomic mass is 16.6. The zero-order valence-electron chi connectivity index (χ0n) is 83.2. The normalized spacial score (nSPS) is 12.3. The summed E-state index contributed by atoms with van der Waals surface area (Å²) in [6.07, 6.45) is 7.97. The summed E-state index contributed by atoms with van der Waals surface area (Å²) >= 11 is 0. The molecule has 704 valence electrons. The van der Waals surface area contributed by atoms with Gasteiger partial charge < -0.3 is 59.2 Å². The van der Waals surface area contributed by atoms with Crippen LogP contribution in [0.5, 0.6) is 34.5 Å². The van der Waals surface area contributed by atoms with Gasteiger partial charge in [-0.2, -0.15) is 0 Å². The maximum absolute atomic E-state index is 14.1. The lowest BCUT2D eigenvalue weighted by Gasteiger charge is -2.32. The summed E-state index contributed by atoms with van der Waals surface area (Å²) in [4.78, 5) is 78.6. The van der Waals surface area contributed by atoms with E-state index >= 15 is 0 Å². The lowest BCUT2D eigenvalue weighted by Crippen LogP contribution is -2.44. The van der Waals surface area contributed by atoms with Gasteiger partial charge in [-0.05, 0) is 259 Å². The molecule has 0 aromatic heterocycles. The molecule has 0 heterocycles. The van der Waals surface area contributed by atoms with Crippen molar-refractivity contribution >= 4 is 35.4 Å². The molecule has 0 atom stereocenters. The topological polar surface area (TPSA) is 261 Å². The van der Waals surface area contributed by atoms with Crippen LogP contribution in [0.15, 0.2) is 72.8 Å². The van der Waals surface area contributed by atoms with Crippen molar-refractivity contribution in [1.29, 1.82) is 0 Å². The molecule has 0 aliphatic heterocycles. The van der Waals surface area contributed by atoms with Crippen molar-refractivity contribution in [3.05, 3.63) is 173 Å². The van der Waals surface area contributed by atoms with E-state index in [0.29, 0.717) is 87.5 Å². The smallest absolute Gasteiger partial charge is 0.306 e. The fourth-order valence-corrected chi connectivity index (χ4v) is 15.5. The number of aryl methyl sites for hydroxylation is 6. The zero-order valence-corrected chi connectivity index (χ0v) is 83.2. The Bertz CT molecular complexity index is 4080. The van der Waals surface area contributed by atoms with Gasteiger partial charge in [-0.3, -0.25) is 19.2 Å². The third kappa shape index (κ3) is 37.2. The van der Waals surface area contributed by atoms with Gasteiger partial charge in [0.15, 0.2) is 0 Å². The number of hydrogen-bond acceptors (Lipinski definition) is 16. The number of carbonyl (C=O) groups is 6. The average Bonchev–Trinajstić information content (AvgIpc) is 0.819. The van der Waals surface area contributed by atoms with Crippen LogP contribution in [-0.4, -0.2) is 92.5 Å². The highest BCUT2D eigenvalue weighted by Gasteiger charge is 2.39. The molecule has 6 rings (SSSR count). The maximum atomic E-state index is 14.1. The Labute approximate surface area is 761 Å². The number of benzene rings is 6. The van der Waals surface area contributed by atoms with Gasteiger partial charge in [0.1, 0.15) is 77.9 Å². The standard InChI is InChI=1S/C73H108O12.2C18H28O2.CH4/c1-45(2)29-53-33-49(37-57(65(53)78)69(9,10)11)21-25-61(74)82-41-73(42-83-62(75)26-22-50-34-54(30-46(3)4)66(79)58(38-50)70(12,13)14,43-84-63(76)27-23-51-35-55(31-47(5)6)67(80)59(39-51)71(15,16)17)44-85-64(77)28-24-52-36-56(32-48(7)8)68(81)60(40-52)72(18,19)20;2*1-12(2)9-15-10-14(8-7-13(3)19)11-16(17(15)20)18(4,5)6;/h33-40,45-48,78-81H,21-32,41-44H2,1-20H3;2*10-12,20H,7-9H2,1-6H3;1H4. The molecule has 0 fully saturated rings. The van der Waals surface area contributed by atoms with E-state index in [9.17, 15) is 59.4 Å². The van der Waals surface area contributed by atoms with Gasteiger partial charge in [-0.25, -0.2) is 0 Å². The first kappa shape index (κ1) is 112. The molecule has 6 aromatic carbocycles. The van der Waals surface area contributed by atoms with Crippen LogP contribution in [0.4, 0.5) is 0 Å². The Balaban J connectivity index is 0.000000808. The van der Waals surface area contributed by atoms with E-state index in [-0.39, 0.29) is 124 Å². The van der Waals surface area contributed by atoms with Gasteiger partial charge in [-0.15, -0.1) is 0 Å². The lowest BCUT2D eigenvalue weighted by molar-refractivity contribution is -0.170. The maximum Gasteiger partial charge on any atom is 0.306 e. The summed E-state index contributed by atoms with van der Waals surface area (Å²) < 4.78 is 24.4. The van der Waals surface area contributed by atoms with Crippen molar-refractivity contribution in [1.82, 2.24) is 0 Å². The predicted octanol–water partition coefficient (Wildman–Crippen LogP) is 24.9. The largest absolute Gasteiger partial charge is 0.507 e. The number of esters is 4. The van der Waals surface area contributed by atoms with Crippen LogP contribution in [0.2, 0.25) is 0 Å². The fourth-order valence-electron chi connectivity index (χ4n) is 15.5. The van der Waals surface area contributed by atoms with Crippen molar-refractivity contribution in [2.24, 2.45) is 40.9 Å². The highest BCUT2D eigenvalue weighted by Crippen LogP contribution is 2.43. The average molecular weight is 1750 g/mol. The summed E-state index contributed by atoms with van der Waals surface area (Å²) in [5.74, 6) is 2.06. The van der Waals surface area contributed by atoms with Crippen LogP contribution in [0.1, 0.15) is 368 Å². The lowest BCUT2D eigenvalue weighted by atomic mass is 9.82. The van der Waals surface area contributed by atoms with E-state index in [2.05, 4.69) is 149 Å². The Hall–Kier alpha value is -8.66. The Morgan fingerprint density at radius 2 is 0.381 bits per heavy atom. The molecular formula is C110H168O16. The van der Waals surface area contributed by atoms with Crippen LogP contribution in [0.3, 0.4) is 0 Å². The fraction of sp³-hybridized carbons (Fsp3) is 0.618. The van der Waals surface area contributed by atoms with E-state index < -0.39 is 55.7 Å². The summed E-state index contributed by atoms with van der Waals surface area (Å²) in [6.45, 7) is 63.8. The van der Waals surface area contributed by atoms with Gasteiger partial charge in [-0.1, -0.05) is 288 Å². The number of aromatic hydroxyl groups is 6. The molecule has 126 heavy (non-hydrogen) atoms. The Kier molecular flexibility index (Phi) is 42.6. The number of phenolic OH excluding ortho intramolecular Hbond substituents is 6. The molecular weight excluding hydrogens is 1580 g/mol. The summed E-state index contributed by atoms with van der Waals surface area (Å²) in [6, 6.07) is 23.7. The van der Waals surface area contributed by atoms with Crippen LogP contribution in [-0.2, 0) is 157 Å². The summed E-state index contributed by atoms with van der Waals surface area (Å²) in [7, 11) is 0. The molecule has 0 amide bonds. The molecule has 0 bridgehead atoms. The van der Waals surface area contributed by atoms with Gasteiger partial charge in [0, 0.05) is 38.5 Å². The number of carbonyl (C=O) groups excluding carboxylic acids is 6. The summed E-state index contributed by atoms with van der Waals surface area (Å²) in [5.41, 5.74) is 12.8. The molecule has 6 N–H and O–H groups in total.